The summed E-state index contributed by atoms with van der Waals surface area (Å²) in [4.78, 5) is 45.8. The second kappa shape index (κ2) is 9.69. The highest BCUT2D eigenvalue weighted by atomic mass is 79.9. The molecule has 194 valence electrons. The van der Waals surface area contributed by atoms with Gasteiger partial charge in [-0.15, -0.1) is 0 Å². The molecule has 0 bridgehead atoms. The number of esters is 1. The topological polar surface area (TPSA) is 119 Å². The highest BCUT2D eigenvalue weighted by Gasteiger charge is 2.46. The summed E-state index contributed by atoms with van der Waals surface area (Å²) in [6, 6.07) is 5.33. The van der Waals surface area contributed by atoms with Crippen LogP contribution in [-0.4, -0.2) is 35.7 Å². The van der Waals surface area contributed by atoms with Crippen molar-refractivity contribution in [2.24, 2.45) is 0 Å². The summed E-state index contributed by atoms with van der Waals surface area (Å²) in [5.74, 6) is -2.32. The highest BCUT2D eigenvalue weighted by molar-refractivity contribution is 9.10. The number of phenols is 1. The Morgan fingerprint density at radius 1 is 1.34 bits per heavy atom. The number of carbonyl (C=O) groups excluding carboxylic acids is 2. The molecule has 1 amide bonds. The second-order valence-corrected chi connectivity index (χ2v) is 10.1. The summed E-state index contributed by atoms with van der Waals surface area (Å²) in [6.45, 7) is 5.10. The van der Waals surface area contributed by atoms with E-state index in [2.05, 4.69) is 27.5 Å². The van der Waals surface area contributed by atoms with Gasteiger partial charge in [-0.1, -0.05) is 24.0 Å². The van der Waals surface area contributed by atoms with Gasteiger partial charge in [0.2, 0.25) is 5.76 Å². The van der Waals surface area contributed by atoms with Gasteiger partial charge in [0.05, 0.1) is 34.3 Å². The van der Waals surface area contributed by atoms with Gasteiger partial charge >= 0.3 is 5.97 Å². The standard InChI is InChI=1S/C26H18BrFN2O7S/c1-4-7-36-25(34)23-11(2)29-26(38-23)30-19(12-8-15(27)21(32)17(9-12)35-3)18-20(31)14-10-13(28)5-6-16(14)37-22(18)24(30)33/h4-6,8-10,19,32H,1,7H2,2-3H3. The van der Waals surface area contributed by atoms with Gasteiger partial charge < -0.3 is 19.0 Å². The lowest BCUT2D eigenvalue weighted by Gasteiger charge is -2.23. The van der Waals surface area contributed by atoms with E-state index in [9.17, 15) is 23.9 Å². The van der Waals surface area contributed by atoms with Crippen LogP contribution < -0.4 is 15.1 Å². The monoisotopic (exact) mass is 600 g/mol. The van der Waals surface area contributed by atoms with Crippen LogP contribution in [0.2, 0.25) is 0 Å². The third-order valence-electron chi connectivity index (χ3n) is 5.93. The molecule has 0 aliphatic carbocycles. The number of phenolic OH excluding ortho intramolecular Hbond substituents is 1. The van der Waals surface area contributed by atoms with Crippen molar-refractivity contribution >= 4 is 55.2 Å². The first kappa shape index (κ1) is 25.6. The Balaban J connectivity index is 1.77. The number of hydrogen-bond donors (Lipinski definition) is 1. The van der Waals surface area contributed by atoms with Crippen LogP contribution in [0.1, 0.15) is 43.1 Å². The number of fused-ring (bicyclic) bond motifs is 2. The molecule has 1 aliphatic rings. The fraction of sp³-hybridized carbons (Fsp3) is 0.154. The molecule has 0 fully saturated rings. The molecule has 3 heterocycles. The van der Waals surface area contributed by atoms with Gasteiger partial charge in [-0.3, -0.25) is 14.5 Å². The number of hydrogen-bond acceptors (Lipinski definition) is 9. The predicted molar refractivity (Wildman–Crippen MR) is 141 cm³/mol. The zero-order valence-corrected chi connectivity index (χ0v) is 22.3. The minimum absolute atomic E-state index is 0.00881. The summed E-state index contributed by atoms with van der Waals surface area (Å²) in [5, 5.41) is 10.4. The maximum Gasteiger partial charge on any atom is 0.350 e. The number of carbonyl (C=O) groups is 2. The minimum Gasteiger partial charge on any atom is -0.503 e. The van der Waals surface area contributed by atoms with Crippen molar-refractivity contribution < 1.29 is 33.0 Å². The lowest BCUT2D eigenvalue weighted by molar-refractivity contribution is 0.0554. The number of aromatic nitrogens is 1. The number of nitrogens with zero attached hydrogens (tertiary/aromatic N) is 2. The van der Waals surface area contributed by atoms with Crippen LogP contribution in [0.4, 0.5) is 9.52 Å². The van der Waals surface area contributed by atoms with Crippen LogP contribution in [0.5, 0.6) is 11.5 Å². The average molecular weight is 601 g/mol. The van der Waals surface area contributed by atoms with Gasteiger partial charge in [-0.25, -0.2) is 14.2 Å². The normalized spacial score (nSPS) is 14.6. The zero-order chi connectivity index (χ0) is 27.3. The van der Waals surface area contributed by atoms with Crippen molar-refractivity contribution in [2.45, 2.75) is 13.0 Å². The van der Waals surface area contributed by atoms with Crippen LogP contribution in [0.15, 0.2) is 56.7 Å². The highest BCUT2D eigenvalue weighted by Crippen LogP contribution is 2.46. The van der Waals surface area contributed by atoms with Crippen molar-refractivity contribution in [3.63, 3.8) is 0 Å². The number of rotatable bonds is 6. The quantitative estimate of drug-likeness (QED) is 0.235. The van der Waals surface area contributed by atoms with Gasteiger partial charge in [0.25, 0.3) is 5.91 Å². The lowest BCUT2D eigenvalue weighted by atomic mass is 9.98. The lowest BCUT2D eigenvalue weighted by Crippen LogP contribution is -2.29. The number of benzene rings is 2. The van der Waals surface area contributed by atoms with Gasteiger partial charge in [-0.05, 0) is 58.7 Å². The number of ether oxygens (including phenoxy) is 2. The number of amides is 1. The summed E-state index contributed by atoms with van der Waals surface area (Å²) in [7, 11) is 1.35. The van der Waals surface area contributed by atoms with E-state index in [0.717, 1.165) is 23.5 Å². The van der Waals surface area contributed by atoms with Crippen molar-refractivity contribution in [3.8, 4) is 11.5 Å². The van der Waals surface area contributed by atoms with Crippen LogP contribution in [0.25, 0.3) is 11.0 Å². The Hall–Kier alpha value is -4.03. The molecule has 2 aromatic carbocycles. The molecular formula is C26H18BrFN2O7S. The Bertz CT molecular complexity index is 1710. The third-order valence-corrected chi connectivity index (χ3v) is 7.67. The maximum absolute atomic E-state index is 14.0. The van der Waals surface area contributed by atoms with Gasteiger partial charge in [0, 0.05) is 0 Å². The van der Waals surface area contributed by atoms with E-state index in [0.29, 0.717) is 11.3 Å². The van der Waals surface area contributed by atoms with E-state index in [1.165, 1.54) is 36.3 Å². The molecular weight excluding hydrogens is 583 g/mol. The first-order chi connectivity index (χ1) is 18.2. The molecule has 9 nitrogen and oxygen atoms in total. The molecule has 2 aromatic heterocycles. The Morgan fingerprint density at radius 3 is 2.82 bits per heavy atom. The van der Waals surface area contributed by atoms with E-state index in [1.54, 1.807) is 6.92 Å². The van der Waals surface area contributed by atoms with Crippen LogP contribution >= 0.6 is 27.3 Å². The average Bonchev–Trinajstić information content (AvgIpc) is 3.42. The fourth-order valence-corrected chi connectivity index (χ4v) is 5.69. The molecule has 0 spiro atoms. The van der Waals surface area contributed by atoms with E-state index < -0.39 is 29.2 Å². The van der Waals surface area contributed by atoms with E-state index >= 15 is 0 Å². The molecule has 0 saturated carbocycles. The van der Waals surface area contributed by atoms with Crippen molar-refractivity contribution in [3.05, 3.63) is 91.0 Å². The number of aromatic hydroxyl groups is 1. The van der Waals surface area contributed by atoms with Crippen molar-refractivity contribution in [1.29, 1.82) is 0 Å². The van der Waals surface area contributed by atoms with Gasteiger partial charge in [0.15, 0.2) is 22.1 Å². The molecule has 4 aromatic rings. The maximum atomic E-state index is 14.0. The molecule has 0 radical (unpaired) electrons. The number of anilines is 1. The first-order valence-electron chi connectivity index (χ1n) is 11.1. The Morgan fingerprint density at radius 2 is 2.11 bits per heavy atom. The Labute approximate surface area is 226 Å². The number of methoxy groups -OCH3 is 1. The third kappa shape index (κ3) is 4.05. The van der Waals surface area contributed by atoms with Crippen molar-refractivity contribution in [1.82, 2.24) is 4.98 Å². The molecule has 1 unspecified atom stereocenters. The van der Waals surface area contributed by atoms with Gasteiger partial charge in [-0.2, -0.15) is 0 Å². The largest absolute Gasteiger partial charge is 0.503 e. The molecule has 12 heteroatoms. The molecule has 1 aliphatic heterocycles. The number of aryl methyl sites for hydroxylation is 1. The predicted octanol–water partition coefficient (Wildman–Crippen LogP) is 5.27. The first-order valence-corrected chi connectivity index (χ1v) is 12.7. The SMILES string of the molecule is C=CCOC(=O)c1sc(N2C(=O)c3oc4ccc(F)cc4c(=O)c3C2c2cc(Br)c(O)c(OC)c2)nc1C. The van der Waals surface area contributed by atoms with Gasteiger partial charge in [0.1, 0.15) is 22.9 Å². The zero-order valence-electron chi connectivity index (χ0n) is 19.9. The van der Waals surface area contributed by atoms with E-state index in [1.807, 2.05) is 0 Å². The van der Waals surface area contributed by atoms with Crippen molar-refractivity contribution in [2.75, 3.05) is 18.6 Å². The fourth-order valence-electron chi connectivity index (χ4n) is 4.24. The van der Waals surface area contributed by atoms with E-state index in [-0.39, 0.29) is 54.9 Å². The molecule has 0 saturated heterocycles. The summed E-state index contributed by atoms with van der Waals surface area (Å²) in [6.07, 6.45) is 1.42. The van der Waals surface area contributed by atoms with Crippen LogP contribution in [0.3, 0.4) is 0 Å². The Kier molecular flexibility index (Phi) is 6.53. The summed E-state index contributed by atoms with van der Waals surface area (Å²) < 4.78 is 30.5. The summed E-state index contributed by atoms with van der Waals surface area (Å²) in [5.41, 5.74) is 0.0699. The minimum atomic E-state index is -1.10. The van der Waals surface area contributed by atoms with Crippen LogP contribution in [-0.2, 0) is 4.74 Å². The molecule has 5 rings (SSSR count). The molecule has 1 atom stereocenters. The summed E-state index contributed by atoms with van der Waals surface area (Å²) >= 11 is 4.18. The van der Waals surface area contributed by atoms with Crippen LogP contribution in [0, 0.1) is 12.7 Å². The smallest absolute Gasteiger partial charge is 0.350 e. The van der Waals surface area contributed by atoms with E-state index in [4.69, 9.17) is 13.9 Å². The molecule has 38 heavy (non-hydrogen) atoms. The molecule has 1 N–H and O–H groups in total. The number of thiazole rings is 1. The second-order valence-electron chi connectivity index (χ2n) is 8.24. The number of halogens is 2.